The smallest absolute Gasteiger partial charge is 0.282 e. The predicted octanol–water partition coefficient (Wildman–Crippen LogP) is 6.46. The number of fused-ring (bicyclic) bond motifs is 1. The van der Waals surface area contributed by atoms with Crippen LogP contribution in [-0.2, 0) is 16.5 Å². The fourth-order valence-corrected chi connectivity index (χ4v) is 10.9. The average Bonchev–Trinajstić information content (AvgIpc) is 2.69. The van der Waals surface area contributed by atoms with Gasteiger partial charge >= 0.3 is 0 Å². The minimum absolute atomic E-state index is 0.0930. The van der Waals surface area contributed by atoms with Gasteiger partial charge in [0.2, 0.25) is 0 Å². The van der Waals surface area contributed by atoms with Gasteiger partial charge in [-0.15, -0.1) is 0 Å². The number of hydrogen-bond acceptors (Lipinski definition) is 2. The molecule has 1 atom stereocenters. The van der Waals surface area contributed by atoms with Gasteiger partial charge in [0.05, 0.1) is 4.90 Å². The molecule has 2 fully saturated rings. The normalized spacial score (nSPS) is 25.5. The van der Waals surface area contributed by atoms with Crippen LogP contribution in [0.1, 0.15) is 93.8 Å². The molecule has 2 saturated carbocycles. The largest absolute Gasteiger partial charge is 0.294 e. The van der Waals surface area contributed by atoms with Crippen molar-refractivity contribution in [3.63, 3.8) is 0 Å². The molecule has 0 saturated heterocycles. The van der Waals surface area contributed by atoms with Crippen molar-refractivity contribution in [1.82, 2.24) is 0 Å². The molecule has 3 nitrogen and oxygen atoms in total. The molecule has 3 aliphatic carbocycles. The second-order valence-electron chi connectivity index (χ2n) is 8.77. The van der Waals surface area contributed by atoms with E-state index in [-0.39, 0.29) is 12.8 Å². The highest BCUT2D eigenvalue weighted by Gasteiger charge is 2.38. The first-order valence-electron chi connectivity index (χ1n) is 10.9. The third-order valence-corrected chi connectivity index (χ3v) is 11.9. The summed E-state index contributed by atoms with van der Waals surface area (Å²) in [5.41, 5.74) is 4.86. The third-order valence-electron chi connectivity index (χ3n) is 7.05. The van der Waals surface area contributed by atoms with E-state index in [1.807, 2.05) is 12.1 Å². The highest BCUT2D eigenvalue weighted by atomic mass is 32.2. The van der Waals surface area contributed by atoms with Crippen LogP contribution in [0.3, 0.4) is 0 Å². The van der Waals surface area contributed by atoms with Crippen LogP contribution in [0.2, 0.25) is 0 Å². The van der Waals surface area contributed by atoms with Crippen LogP contribution >= 0.6 is 7.92 Å². The fraction of sp³-hybridized carbons (Fsp3) is 0.727. The van der Waals surface area contributed by atoms with Crippen molar-refractivity contribution in [2.75, 3.05) is 0 Å². The van der Waals surface area contributed by atoms with E-state index < -0.39 is 10.1 Å². The van der Waals surface area contributed by atoms with E-state index in [0.717, 1.165) is 17.7 Å². The highest BCUT2D eigenvalue weighted by Crippen LogP contribution is 2.67. The van der Waals surface area contributed by atoms with Crippen LogP contribution in [0.4, 0.5) is 0 Å². The molecule has 0 spiro atoms. The highest BCUT2D eigenvalue weighted by molar-refractivity contribution is 7.85. The Balaban J connectivity index is 1.72. The van der Waals surface area contributed by atoms with E-state index in [1.165, 1.54) is 88.2 Å². The molecule has 5 heteroatoms. The lowest BCUT2D eigenvalue weighted by Crippen LogP contribution is -2.25. The lowest BCUT2D eigenvalue weighted by molar-refractivity contribution is 0.476. The van der Waals surface area contributed by atoms with Gasteiger partial charge < -0.3 is 0 Å². The zero-order valence-corrected chi connectivity index (χ0v) is 18.0. The van der Waals surface area contributed by atoms with E-state index in [9.17, 15) is 13.0 Å². The van der Waals surface area contributed by atoms with Crippen molar-refractivity contribution < 1.29 is 13.0 Å². The molecular weight excluding hydrogens is 375 g/mol. The summed E-state index contributed by atoms with van der Waals surface area (Å²) < 4.78 is 33.1. The second-order valence-corrected chi connectivity index (χ2v) is 13.2. The van der Waals surface area contributed by atoms with Crippen LogP contribution in [-0.4, -0.2) is 24.3 Å². The van der Waals surface area contributed by atoms with Gasteiger partial charge in [0.1, 0.15) is 0 Å². The number of benzene rings is 1. The standard InChI is InChI=1S/C22H33O3PS/c23-27(24,25)20-15-14-17-8-7-13-22(21(17)16-20)26(18-9-3-1-4-10-18)19-11-5-2-6-12-19/h14-16,18-19,22H,1-13H2,(H,23,24,25). The Morgan fingerprint density at radius 3 is 1.96 bits per heavy atom. The molecule has 150 valence electrons. The third kappa shape index (κ3) is 4.43. The van der Waals surface area contributed by atoms with E-state index in [0.29, 0.717) is 5.66 Å². The second kappa shape index (κ2) is 8.51. The average molecular weight is 409 g/mol. The minimum atomic E-state index is -4.13. The van der Waals surface area contributed by atoms with Crippen molar-refractivity contribution in [2.45, 2.75) is 105 Å². The van der Waals surface area contributed by atoms with Crippen molar-refractivity contribution in [3.05, 3.63) is 29.3 Å². The van der Waals surface area contributed by atoms with Crippen molar-refractivity contribution >= 4 is 18.0 Å². The van der Waals surface area contributed by atoms with Gasteiger partial charge in [-0.2, -0.15) is 8.42 Å². The zero-order chi connectivity index (χ0) is 18.9. The molecule has 0 aromatic heterocycles. The van der Waals surface area contributed by atoms with Crippen LogP contribution < -0.4 is 0 Å². The molecule has 0 aliphatic heterocycles. The summed E-state index contributed by atoms with van der Waals surface area (Å²) in [7, 11) is -4.25. The Morgan fingerprint density at radius 2 is 1.41 bits per heavy atom. The van der Waals surface area contributed by atoms with Gasteiger partial charge in [-0.05, 0) is 79.5 Å². The monoisotopic (exact) mass is 408 g/mol. The minimum Gasteiger partial charge on any atom is -0.282 e. The maximum absolute atomic E-state index is 11.8. The maximum Gasteiger partial charge on any atom is 0.294 e. The van der Waals surface area contributed by atoms with Gasteiger partial charge in [0.25, 0.3) is 10.1 Å². The summed E-state index contributed by atoms with van der Waals surface area (Å²) in [5.74, 6) is 0. The molecule has 27 heavy (non-hydrogen) atoms. The molecule has 3 aliphatic rings. The Hall–Kier alpha value is -0.440. The topological polar surface area (TPSA) is 54.4 Å². The lowest BCUT2D eigenvalue weighted by atomic mass is 9.91. The van der Waals surface area contributed by atoms with Gasteiger partial charge in [0, 0.05) is 5.66 Å². The predicted molar refractivity (Wildman–Crippen MR) is 113 cm³/mol. The Bertz CT molecular complexity index is 731. The van der Waals surface area contributed by atoms with E-state index in [4.69, 9.17) is 0 Å². The van der Waals surface area contributed by atoms with Crippen molar-refractivity contribution in [3.8, 4) is 0 Å². The summed E-state index contributed by atoms with van der Waals surface area (Å²) in [6.07, 6.45) is 17.3. The maximum atomic E-state index is 11.8. The molecule has 1 aromatic rings. The number of hydrogen-bond donors (Lipinski definition) is 1. The molecule has 0 amide bonds. The van der Waals surface area contributed by atoms with Crippen LogP contribution in [0.5, 0.6) is 0 Å². The molecule has 1 aromatic carbocycles. The fourth-order valence-electron chi connectivity index (χ4n) is 5.79. The molecule has 0 bridgehead atoms. The summed E-state index contributed by atoms with van der Waals surface area (Å²) in [6.45, 7) is 0. The van der Waals surface area contributed by atoms with E-state index in [2.05, 4.69) is 0 Å². The van der Waals surface area contributed by atoms with Crippen molar-refractivity contribution in [2.24, 2.45) is 0 Å². The lowest BCUT2D eigenvalue weighted by Gasteiger charge is -2.45. The Morgan fingerprint density at radius 1 is 0.815 bits per heavy atom. The zero-order valence-electron chi connectivity index (χ0n) is 16.3. The van der Waals surface area contributed by atoms with Gasteiger partial charge in [0.15, 0.2) is 0 Å². The first kappa shape index (κ1) is 19.9. The summed E-state index contributed by atoms with van der Waals surface area (Å²) >= 11 is 0. The Kier molecular flexibility index (Phi) is 6.26. The molecule has 4 rings (SSSR count). The number of rotatable bonds is 4. The van der Waals surface area contributed by atoms with Gasteiger partial charge in [-0.1, -0.05) is 52.5 Å². The van der Waals surface area contributed by atoms with E-state index in [1.54, 1.807) is 6.07 Å². The van der Waals surface area contributed by atoms with Gasteiger partial charge in [-0.3, -0.25) is 4.55 Å². The molecule has 0 heterocycles. The molecule has 1 N–H and O–H groups in total. The molecule has 1 unspecified atom stereocenters. The SMILES string of the molecule is O=S(=O)(O)c1ccc2c(c1)C(P(C1CCCCC1)C1CCCCC1)CCC2. The van der Waals surface area contributed by atoms with Crippen molar-refractivity contribution in [1.29, 1.82) is 0 Å². The summed E-state index contributed by atoms with van der Waals surface area (Å²) in [5, 5.41) is 0. The van der Waals surface area contributed by atoms with Crippen LogP contribution in [0.25, 0.3) is 0 Å². The quantitative estimate of drug-likeness (QED) is 0.459. The first-order valence-corrected chi connectivity index (χ1v) is 13.9. The summed E-state index contributed by atoms with van der Waals surface area (Å²) in [6, 6.07) is 5.40. The summed E-state index contributed by atoms with van der Waals surface area (Å²) in [4.78, 5) is 0.0930. The number of aryl methyl sites for hydroxylation is 1. The van der Waals surface area contributed by atoms with Gasteiger partial charge in [-0.25, -0.2) is 0 Å². The Labute approximate surface area is 165 Å². The van der Waals surface area contributed by atoms with E-state index >= 15 is 0 Å². The molecule has 0 radical (unpaired) electrons. The van der Waals surface area contributed by atoms with Crippen LogP contribution in [0.15, 0.2) is 23.1 Å². The molecular formula is C22H33O3PS. The first-order chi connectivity index (χ1) is 13.0. The van der Waals surface area contributed by atoms with Crippen LogP contribution in [0, 0.1) is 0 Å².